The Morgan fingerprint density at radius 1 is 1.02 bits per heavy atom. The molecule has 0 bridgehead atoms. The second kappa shape index (κ2) is 13.9. The van der Waals surface area contributed by atoms with Gasteiger partial charge in [0.1, 0.15) is 11.5 Å². The number of rotatable bonds is 13. The minimum absolute atomic E-state index is 0.0405. The highest BCUT2D eigenvalue weighted by Crippen LogP contribution is 2.29. The Kier molecular flexibility index (Phi) is 10.0. The molecule has 1 aromatic heterocycles. The molecule has 5 N–H and O–H groups in total. The molecular weight excluding hydrogens is 534 g/mol. The summed E-state index contributed by atoms with van der Waals surface area (Å²) in [4.78, 5) is 27.3. The second-order valence-corrected chi connectivity index (χ2v) is 9.69. The molecule has 1 heterocycles. The van der Waals surface area contributed by atoms with Crippen LogP contribution in [0.15, 0.2) is 79.0 Å². The smallest absolute Gasteiger partial charge is 0.305 e. The average Bonchev–Trinajstić information content (AvgIpc) is 2.95. The number of fused-ring (bicyclic) bond motifs is 1. The van der Waals surface area contributed by atoms with E-state index < -0.39 is 12.1 Å². The van der Waals surface area contributed by atoms with E-state index in [0.29, 0.717) is 39.6 Å². The van der Waals surface area contributed by atoms with Crippen LogP contribution in [0.5, 0.6) is 11.5 Å². The number of benzene rings is 3. The van der Waals surface area contributed by atoms with Crippen LogP contribution in [0.3, 0.4) is 0 Å². The van der Waals surface area contributed by atoms with E-state index in [1.165, 1.54) is 0 Å². The van der Waals surface area contributed by atoms with Crippen LogP contribution >= 0.6 is 11.6 Å². The normalized spacial score (nSPS) is 12.6. The van der Waals surface area contributed by atoms with E-state index in [4.69, 9.17) is 21.4 Å². The highest BCUT2D eigenvalue weighted by atomic mass is 35.5. The Hall–Kier alpha value is -4.02. The van der Waals surface area contributed by atoms with Crippen LogP contribution in [0.1, 0.15) is 34.0 Å². The molecule has 0 saturated heterocycles. The van der Waals surface area contributed by atoms with Gasteiger partial charge in [-0.2, -0.15) is 0 Å². The van der Waals surface area contributed by atoms with Gasteiger partial charge in [-0.15, -0.1) is 0 Å². The number of hydrogen-bond donors (Lipinski definition) is 5. The van der Waals surface area contributed by atoms with Crippen molar-refractivity contribution in [2.75, 3.05) is 19.7 Å². The number of pyridine rings is 1. The lowest BCUT2D eigenvalue weighted by molar-refractivity contribution is -0.136. The molecule has 40 heavy (non-hydrogen) atoms. The van der Waals surface area contributed by atoms with E-state index in [-0.39, 0.29) is 38.1 Å². The monoisotopic (exact) mass is 563 g/mol. The lowest BCUT2D eigenvalue weighted by Gasteiger charge is -2.19. The number of halogens is 1. The first-order valence-electron chi connectivity index (χ1n) is 12.8. The summed E-state index contributed by atoms with van der Waals surface area (Å²) in [5, 5.41) is 36.1. The van der Waals surface area contributed by atoms with Crippen molar-refractivity contribution in [3.63, 3.8) is 0 Å². The van der Waals surface area contributed by atoms with E-state index in [0.717, 1.165) is 10.9 Å². The standard InChI is InChI=1S/C30H30ClN3O6/c31-22-3-1-2-20(15-22)27(36)17-34-23(18-35)14-19-4-7-24(8-5-19)40-28-10-12-32-26-16-21(6-9-25(26)28)30(39)33-13-11-29(37)38/h1-10,12,15-16,23,27,34-36H,11,13-14,17-18H2,(H,33,39)(H,37,38)/t23-,27-/m0/s1. The van der Waals surface area contributed by atoms with Crippen molar-refractivity contribution in [2.24, 2.45) is 0 Å². The molecular formula is C30H30ClN3O6. The summed E-state index contributed by atoms with van der Waals surface area (Å²) in [7, 11) is 0. The number of carboxylic acid groups (broad SMARTS) is 1. The molecule has 4 rings (SSSR count). The highest BCUT2D eigenvalue weighted by molar-refractivity contribution is 6.30. The van der Waals surface area contributed by atoms with Gasteiger partial charge in [-0.25, -0.2) is 0 Å². The maximum atomic E-state index is 12.3. The Labute approximate surface area is 236 Å². The summed E-state index contributed by atoms with van der Waals surface area (Å²) in [5.41, 5.74) is 2.63. The van der Waals surface area contributed by atoms with Crippen molar-refractivity contribution in [1.82, 2.24) is 15.6 Å². The van der Waals surface area contributed by atoms with Crippen molar-refractivity contribution >= 4 is 34.4 Å². The summed E-state index contributed by atoms with van der Waals surface area (Å²) in [6, 6.07) is 21.0. The third-order valence-corrected chi connectivity index (χ3v) is 6.51. The summed E-state index contributed by atoms with van der Waals surface area (Å²) < 4.78 is 6.09. The van der Waals surface area contributed by atoms with Gasteiger partial charge in [0.2, 0.25) is 0 Å². The fourth-order valence-corrected chi connectivity index (χ4v) is 4.35. The molecule has 0 aliphatic rings. The van der Waals surface area contributed by atoms with Gasteiger partial charge >= 0.3 is 5.97 Å². The first kappa shape index (κ1) is 29.0. The van der Waals surface area contributed by atoms with Gasteiger partial charge in [0.15, 0.2) is 0 Å². The van der Waals surface area contributed by atoms with Crippen LogP contribution in [-0.4, -0.2) is 57.9 Å². The number of aromatic nitrogens is 1. The number of hydrogen-bond acceptors (Lipinski definition) is 7. The Balaban J connectivity index is 1.36. The molecule has 0 radical (unpaired) electrons. The molecule has 0 aliphatic carbocycles. The number of aliphatic carboxylic acids is 1. The molecule has 0 unspecified atom stereocenters. The molecule has 0 fully saturated rings. The number of carbonyl (C=O) groups is 2. The molecule has 9 nitrogen and oxygen atoms in total. The van der Waals surface area contributed by atoms with Gasteiger partial charge in [0.25, 0.3) is 5.91 Å². The third kappa shape index (κ3) is 8.00. The molecule has 4 aromatic rings. The number of aliphatic hydroxyl groups is 2. The molecule has 0 spiro atoms. The zero-order chi connectivity index (χ0) is 28.5. The number of carboxylic acids is 1. The number of amides is 1. The lowest BCUT2D eigenvalue weighted by Crippen LogP contribution is -2.37. The van der Waals surface area contributed by atoms with Crippen molar-refractivity contribution in [2.45, 2.75) is 25.0 Å². The third-order valence-electron chi connectivity index (χ3n) is 6.28. The maximum Gasteiger partial charge on any atom is 0.305 e. The van der Waals surface area contributed by atoms with Gasteiger partial charge in [-0.3, -0.25) is 14.6 Å². The molecule has 208 valence electrons. The first-order chi connectivity index (χ1) is 19.3. The van der Waals surface area contributed by atoms with Crippen molar-refractivity contribution in [1.29, 1.82) is 0 Å². The number of aliphatic hydroxyl groups excluding tert-OH is 2. The molecule has 3 aromatic carbocycles. The summed E-state index contributed by atoms with van der Waals surface area (Å²) in [5.74, 6) is -0.177. The Morgan fingerprint density at radius 3 is 2.55 bits per heavy atom. The van der Waals surface area contributed by atoms with Crippen LogP contribution in [0.25, 0.3) is 10.9 Å². The number of nitrogens with one attached hydrogen (secondary N) is 2. The minimum Gasteiger partial charge on any atom is -0.481 e. The summed E-state index contributed by atoms with van der Waals surface area (Å²) in [6.45, 7) is 0.218. The van der Waals surface area contributed by atoms with E-state index in [2.05, 4.69) is 15.6 Å². The van der Waals surface area contributed by atoms with Crippen LogP contribution in [0.4, 0.5) is 0 Å². The van der Waals surface area contributed by atoms with E-state index in [1.807, 2.05) is 24.3 Å². The average molecular weight is 564 g/mol. The fourth-order valence-electron chi connectivity index (χ4n) is 4.15. The minimum atomic E-state index is -0.982. The van der Waals surface area contributed by atoms with Crippen LogP contribution < -0.4 is 15.4 Å². The quantitative estimate of drug-likeness (QED) is 0.164. The Bertz CT molecular complexity index is 1460. The van der Waals surface area contributed by atoms with Gasteiger partial charge < -0.3 is 30.7 Å². The molecule has 2 atom stereocenters. The van der Waals surface area contributed by atoms with Crippen molar-refractivity contribution in [3.8, 4) is 11.5 Å². The Morgan fingerprint density at radius 2 is 1.82 bits per heavy atom. The maximum absolute atomic E-state index is 12.3. The largest absolute Gasteiger partial charge is 0.481 e. The van der Waals surface area contributed by atoms with E-state index in [1.54, 1.807) is 54.7 Å². The van der Waals surface area contributed by atoms with E-state index in [9.17, 15) is 19.8 Å². The highest BCUT2D eigenvalue weighted by Gasteiger charge is 2.14. The number of ether oxygens (including phenoxy) is 1. The molecule has 0 aliphatic heterocycles. The van der Waals surface area contributed by atoms with Gasteiger partial charge in [0, 0.05) is 41.3 Å². The second-order valence-electron chi connectivity index (χ2n) is 9.25. The molecule has 10 heteroatoms. The summed E-state index contributed by atoms with van der Waals surface area (Å²) >= 11 is 6.00. The predicted octanol–water partition coefficient (Wildman–Crippen LogP) is 4.11. The topological polar surface area (TPSA) is 141 Å². The number of carbonyl (C=O) groups excluding carboxylic acids is 1. The van der Waals surface area contributed by atoms with Crippen LogP contribution in [0, 0.1) is 0 Å². The lowest BCUT2D eigenvalue weighted by atomic mass is 10.0. The zero-order valence-corrected chi connectivity index (χ0v) is 22.3. The summed E-state index contributed by atoms with van der Waals surface area (Å²) in [6.07, 6.45) is 1.24. The van der Waals surface area contributed by atoms with Crippen LogP contribution in [0.2, 0.25) is 5.02 Å². The zero-order valence-electron chi connectivity index (χ0n) is 21.6. The van der Waals surface area contributed by atoms with Gasteiger partial charge in [-0.05, 0) is 66.1 Å². The van der Waals surface area contributed by atoms with Gasteiger partial charge in [-0.1, -0.05) is 35.9 Å². The van der Waals surface area contributed by atoms with Gasteiger partial charge in [0.05, 0.1) is 24.6 Å². The van der Waals surface area contributed by atoms with Crippen LogP contribution in [-0.2, 0) is 11.2 Å². The van der Waals surface area contributed by atoms with Crippen molar-refractivity contribution in [3.05, 3.63) is 101 Å². The SMILES string of the molecule is O=C(O)CCNC(=O)c1ccc2c(Oc3ccc(C[C@@H](CO)NC[C@H](O)c4cccc(Cl)c4)cc3)ccnc2c1. The first-order valence-corrected chi connectivity index (χ1v) is 13.1. The number of nitrogens with zero attached hydrogens (tertiary/aromatic N) is 1. The fraction of sp³-hybridized carbons (Fsp3) is 0.233. The van der Waals surface area contributed by atoms with Crippen molar-refractivity contribution < 1.29 is 29.6 Å². The van der Waals surface area contributed by atoms with E-state index >= 15 is 0 Å². The molecule has 0 saturated carbocycles. The molecule has 1 amide bonds. The predicted molar refractivity (Wildman–Crippen MR) is 152 cm³/mol.